The fourth-order valence-corrected chi connectivity index (χ4v) is 5.71. The van der Waals surface area contributed by atoms with E-state index in [1.165, 1.54) is 0 Å². The Hall–Kier alpha value is -1.62. The highest BCUT2D eigenvalue weighted by Gasteiger charge is 2.54. The molecule has 0 spiro atoms. The summed E-state index contributed by atoms with van der Waals surface area (Å²) in [6.45, 7) is 6.22. The van der Waals surface area contributed by atoms with E-state index in [0.717, 1.165) is 49.7 Å². The van der Waals surface area contributed by atoms with Gasteiger partial charge in [0.25, 0.3) is 0 Å². The molecule has 0 heterocycles. The molecule has 0 radical (unpaired) electrons. The molecule has 0 amide bonds. The summed E-state index contributed by atoms with van der Waals surface area (Å²) in [6.07, 6.45) is 5.62. The van der Waals surface area contributed by atoms with Crippen molar-refractivity contribution in [1.82, 2.24) is 0 Å². The van der Waals surface area contributed by atoms with Gasteiger partial charge in [0.05, 0.1) is 11.0 Å². The largest absolute Gasteiger partial charge is 0.502 e. The monoisotopic (exact) mass is 347 g/mol. The van der Waals surface area contributed by atoms with Gasteiger partial charge in [-0.3, -0.25) is 10.1 Å². The highest BCUT2D eigenvalue weighted by molar-refractivity contribution is 5.53. The van der Waals surface area contributed by atoms with Crippen LogP contribution in [0.2, 0.25) is 0 Å². The van der Waals surface area contributed by atoms with Crippen molar-refractivity contribution < 1.29 is 15.1 Å². The summed E-state index contributed by atoms with van der Waals surface area (Å²) in [6, 6.07) is 3.20. The molecule has 3 unspecified atom stereocenters. The van der Waals surface area contributed by atoms with Crippen LogP contribution < -0.4 is 0 Å². The molecule has 0 bridgehead atoms. The van der Waals surface area contributed by atoms with Crippen molar-refractivity contribution in [1.29, 1.82) is 0 Å². The normalized spacial score (nSPS) is 35.7. The smallest absolute Gasteiger partial charge is 0.310 e. The standard InChI is InChI=1S/C18H23NO4.C2H6/c1-18-7-6-11-12(14(18)4-5-17(18)21)3-2-10-8-16(20)15(19(22)23)9-13(10)11;1-2/h8-9,11-12,14,17,20-21H,2-7H2,1H3;1-2H3/t11?,12?,14?,17-,18-;/m0./s1. The molecule has 4 rings (SSSR count). The Labute approximate surface area is 149 Å². The van der Waals surface area contributed by atoms with Gasteiger partial charge >= 0.3 is 5.69 Å². The number of fused-ring (bicyclic) bond motifs is 5. The van der Waals surface area contributed by atoms with Gasteiger partial charge in [-0.1, -0.05) is 20.8 Å². The fraction of sp³-hybridized carbons (Fsp3) is 0.700. The van der Waals surface area contributed by atoms with Crippen LogP contribution in [-0.4, -0.2) is 21.2 Å². The van der Waals surface area contributed by atoms with Crippen LogP contribution in [0, 0.1) is 27.4 Å². The molecular formula is C20H29NO4. The SMILES string of the molecule is CC.C[C@]12CCC3c4cc([N+](=O)[O-])c(O)cc4CCC3C1CC[C@@H]2O. The van der Waals surface area contributed by atoms with Gasteiger partial charge in [0.15, 0.2) is 5.75 Å². The topological polar surface area (TPSA) is 83.6 Å². The van der Waals surface area contributed by atoms with Gasteiger partial charge in [-0.15, -0.1) is 0 Å². The summed E-state index contributed by atoms with van der Waals surface area (Å²) >= 11 is 0. The molecule has 2 fully saturated rings. The first-order valence-corrected chi connectivity index (χ1v) is 9.60. The first-order valence-electron chi connectivity index (χ1n) is 9.60. The zero-order valence-corrected chi connectivity index (χ0v) is 15.4. The van der Waals surface area contributed by atoms with Crippen LogP contribution in [0.15, 0.2) is 12.1 Å². The quantitative estimate of drug-likeness (QED) is 0.577. The molecule has 138 valence electrons. The second kappa shape index (κ2) is 6.60. The number of rotatable bonds is 1. The maximum absolute atomic E-state index is 11.2. The van der Waals surface area contributed by atoms with E-state index in [0.29, 0.717) is 17.8 Å². The number of hydrogen-bond donors (Lipinski definition) is 2. The Morgan fingerprint density at radius 1 is 1.20 bits per heavy atom. The molecule has 5 heteroatoms. The van der Waals surface area contributed by atoms with Crippen molar-refractivity contribution in [2.75, 3.05) is 0 Å². The van der Waals surface area contributed by atoms with Gasteiger partial charge < -0.3 is 10.2 Å². The van der Waals surface area contributed by atoms with Crippen LogP contribution >= 0.6 is 0 Å². The highest BCUT2D eigenvalue weighted by Crippen LogP contribution is 2.61. The lowest BCUT2D eigenvalue weighted by atomic mass is 9.55. The highest BCUT2D eigenvalue weighted by atomic mass is 16.6. The maximum atomic E-state index is 11.2. The number of aromatic hydroxyl groups is 1. The third kappa shape index (κ3) is 2.73. The van der Waals surface area contributed by atoms with E-state index >= 15 is 0 Å². The zero-order chi connectivity index (χ0) is 18.4. The summed E-state index contributed by atoms with van der Waals surface area (Å²) < 4.78 is 0. The van der Waals surface area contributed by atoms with Gasteiger partial charge in [-0.2, -0.15) is 0 Å². The number of benzene rings is 1. The summed E-state index contributed by atoms with van der Waals surface area (Å²) in [5, 5.41) is 31.4. The lowest BCUT2D eigenvalue weighted by Gasteiger charge is -2.50. The van der Waals surface area contributed by atoms with E-state index in [1.807, 2.05) is 13.8 Å². The van der Waals surface area contributed by atoms with E-state index in [2.05, 4.69) is 6.92 Å². The van der Waals surface area contributed by atoms with Gasteiger partial charge in [0.1, 0.15) is 0 Å². The number of hydrogen-bond acceptors (Lipinski definition) is 4. The van der Waals surface area contributed by atoms with E-state index in [-0.39, 0.29) is 23.0 Å². The Morgan fingerprint density at radius 3 is 2.60 bits per heavy atom. The van der Waals surface area contributed by atoms with Crippen LogP contribution in [0.25, 0.3) is 0 Å². The third-order valence-electron chi connectivity index (χ3n) is 6.97. The number of aryl methyl sites for hydroxylation is 1. The average Bonchev–Trinajstić information content (AvgIpc) is 2.91. The Kier molecular flexibility index (Phi) is 4.80. The van der Waals surface area contributed by atoms with Gasteiger partial charge in [0, 0.05) is 6.07 Å². The zero-order valence-electron chi connectivity index (χ0n) is 15.4. The number of aliphatic hydroxyl groups excluding tert-OH is 1. The number of nitro benzene ring substituents is 1. The molecule has 3 aliphatic carbocycles. The van der Waals surface area contributed by atoms with Crippen LogP contribution in [0.4, 0.5) is 5.69 Å². The van der Waals surface area contributed by atoms with Crippen LogP contribution in [-0.2, 0) is 6.42 Å². The molecule has 1 aromatic carbocycles. The summed E-state index contributed by atoms with van der Waals surface area (Å²) in [5.41, 5.74) is 1.97. The van der Waals surface area contributed by atoms with Crippen LogP contribution in [0.5, 0.6) is 5.75 Å². The maximum Gasteiger partial charge on any atom is 0.310 e. The minimum absolute atomic E-state index is 0.0154. The second-order valence-electron chi connectivity index (χ2n) is 7.85. The van der Waals surface area contributed by atoms with Crippen molar-refractivity contribution in [2.45, 2.75) is 71.3 Å². The summed E-state index contributed by atoms with van der Waals surface area (Å²) in [7, 11) is 0. The minimum Gasteiger partial charge on any atom is -0.502 e. The van der Waals surface area contributed by atoms with Crippen molar-refractivity contribution >= 4 is 5.69 Å². The van der Waals surface area contributed by atoms with Crippen LogP contribution in [0.1, 0.15) is 69.9 Å². The predicted octanol–water partition coefficient (Wildman–Crippen LogP) is 4.54. The molecule has 3 aliphatic rings. The molecular weight excluding hydrogens is 318 g/mol. The second-order valence-corrected chi connectivity index (χ2v) is 7.85. The van der Waals surface area contributed by atoms with Gasteiger partial charge in [-0.25, -0.2) is 0 Å². The minimum atomic E-state index is -0.495. The van der Waals surface area contributed by atoms with E-state index in [4.69, 9.17) is 0 Å². The number of phenolic OH excluding ortho intramolecular Hbond substituents is 1. The molecule has 0 saturated heterocycles. The molecule has 5 nitrogen and oxygen atoms in total. The number of phenols is 1. The van der Waals surface area contributed by atoms with Crippen molar-refractivity contribution in [3.63, 3.8) is 0 Å². The van der Waals surface area contributed by atoms with Gasteiger partial charge in [-0.05, 0) is 78.9 Å². The van der Waals surface area contributed by atoms with Crippen LogP contribution in [0.3, 0.4) is 0 Å². The number of nitro groups is 1. The summed E-state index contributed by atoms with van der Waals surface area (Å²) in [4.78, 5) is 10.7. The predicted molar refractivity (Wildman–Crippen MR) is 96.7 cm³/mol. The van der Waals surface area contributed by atoms with Crippen molar-refractivity contribution in [3.05, 3.63) is 33.4 Å². The number of nitrogens with zero attached hydrogens (tertiary/aromatic N) is 1. The first kappa shape index (κ1) is 18.2. The summed E-state index contributed by atoms with van der Waals surface area (Å²) in [5.74, 6) is 1.13. The first-order chi connectivity index (χ1) is 11.9. The average molecular weight is 347 g/mol. The van der Waals surface area contributed by atoms with E-state index in [9.17, 15) is 20.3 Å². The molecule has 25 heavy (non-hydrogen) atoms. The molecule has 0 aliphatic heterocycles. The fourth-order valence-electron chi connectivity index (χ4n) is 5.71. The van der Waals surface area contributed by atoms with E-state index < -0.39 is 4.92 Å². The van der Waals surface area contributed by atoms with E-state index in [1.54, 1.807) is 12.1 Å². The third-order valence-corrected chi connectivity index (χ3v) is 6.97. The molecule has 1 aromatic rings. The number of aliphatic hydroxyl groups is 1. The Bertz CT molecular complexity index is 674. The van der Waals surface area contributed by atoms with Crippen molar-refractivity contribution in [2.24, 2.45) is 17.3 Å². The molecule has 2 saturated carbocycles. The lowest BCUT2D eigenvalue weighted by molar-refractivity contribution is -0.386. The Morgan fingerprint density at radius 2 is 1.92 bits per heavy atom. The van der Waals surface area contributed by atoms with Crippen molar-refractivity contribution in [3.8, 4) is 5.75 Å². The van der Waals surface area contributed by atoms with Gasteiger partial charge in [0.2, 0.25) is 0 Å². The molecule has 5 atom stereocenters. The molecule has 0 aromatic heterocycles. The lowest BCUT2D eigenvalue weighted by Crippen LogP contribution is -2.43. The molecule has 2 N–H and O–H groups in total. The Balaban J connectivity index is 0.000000880.